The number of halogens is 2. The highest BCUT2D eigenvalue weighted by Gasteiger charge is 2.48. The molecule has 0 aliphatic rings. The van der Waals surface area contributed by atoms with Crippen molar-refractivity contribution in [3.8, 4) is 5.75 Å². The fourth-order valence-corrected chi connectivity index (χ4v) is 4.81. The van der Waals surface area contributed by atoms with Gasteiger partial charge in [-0.3, -0.25) is 4.79 Å². The first-order chi connectivity index (χ1) is 16.6. The van der Waals surface area contributed by atoms with Crippen molar-refractivity contribution < 1.29 is 28.2 Å². The van der Waals surface area contributed by atoms with E-state index in [4.69, 9.17) is 9.47 Å². The second kappa shape index (κ2) is 11.2. The second-order valence-corrected chi connectivity index (χ2v) is 10.5. The molecule has 3 aromatic carbocycles. The van der Waals surface area contributed by atoms with E-state index in [1.807, 2.05) is 54.6 Å². The quantitative estimate of drug-likeness (QED) is 0.335. The van der Waals surface area contributed by atoms with Crippen LogP contribution in [-0.2, 0) is 20.9 Å². The maximum absolute atomic E-state index is 14.9. The Morgan fingerprint density at radius 2 is 1.69 bits per heavy atom. The molecule has 0 saturated carbocycles. The third-order valence-electron chi connectivity index (χ3n) is 6.21. The van der Waals surface area contributed by atoms with Gasteiger partial charge in [-0.25, -0.2) is 8.78 Å². The van der Waals surface area contributed by atoms with Crippen molar-refractivity contribution in [2.45, 2.75) is 42.8 Å². The van der Waals surface area contributed by atoms with Crippen molar-refractivity contribution in [3.05, 3.63) is 101 Å². The Bertz CT molecular complexity index is 1140. The van der Waals surface area contributed by atoms with Gasteiger partial charge < -0.3 is 14.6 Å². The summed E-state index contributed by atoms with van der Waals surface area (Å²) in [6.07, 6.45) is 0. The molecule has 3 aromatic rings. The molecule has 0 amide bonds. The van der Waals surface area contributed by atoms with E-state index in [0.717, 1.165) is 29.0 Å². The van der Waals surface area contributed by atoms with Crippen molar-refractivity contribution in [1.82, 2.24) is 0 Å². The molecular weight excluding hydrogens is 470 g/mol. The summed E-state index contributed by atoms with van der Waals surface area (Å²) in [6.45, 7) is 4.71. The Morgan fingerprint density at radius 3 is 2.29 bits per heavy atom. The molecule has 0 aromatic heterocycles. The zero-order valence-corrected chi connectivity index (χ0v) is 21.1. The normalized spacial score (nSPS) is 14.1. The van der Waals surface area contributed by atoms with Crippen LogP contribution in [0.5, 0.6) is 5.75 Å². The molecule has 0 radical (unpaired) electrons. The van der Waals surface area contributed by atoms with Crippen LogP contribution in [0.15, 0.2) is 72.8 Å². The summed E-state index contributed by atoms with van der Waals surface area (Å²) >= 11 is 1.37. The zero-order valence-electron chi connectivity index (χ0n) is 20.3. The lowest BCUT2D eigenvalue weighted by Crippen LogP contribution is -2.50. The van der Waals surface area contributed by atoms with E-state index >= 15 is 0 Å². The largest absolute Gasteiger partial charge is 0.497 e. The van der Waals surface area contributed by atoms with Gasteiger partial charge in [-0.1, -0.05) is 48.5 Å². The SMILES string of the molecule is COc1ccc(CSC(C)(C)C(O)(COC(=O)[C@@H](C)c2ccccc2)c2ccc(F)cc2F)cc1. The molecule has 0 aliphatic heterocycles. The first-order valence-electron chi connectivity index (χ1n) is 11.2. The summed E-state index contributed by atoms with van der Waals surface area (Å²) in [5, 5.41) is 11.9. The fraction of sp³-hybridized carbons (Fsp3) is 0.321. The number of carbonyl (C=O) groups excluding carboxylic acids is 1. The number of hydrogen-bond acceptors (Lipinski definition) is 5. The Balaban J connectivity index is 1.86. The van der Waals surface area contributed by atoms with Gasteiger partial charge in [0.2, 0.25) is 0 Å². The van der Waals surface area contributed by atoms with Crippen molar-refractivity contribution >= 4 is 17.7 Å². The van der Waals surface area contributed by atoms with Crippen LogP contribution in [0.1, 0.15) is 43.4 Å². The molecule has 0 heterocycles. The van der Waals surface area contributed by atoms with Crippen molar-refractivity contribution in [3.63, 3.8) is 0 Å². The monoisotopic (exact) mass is 500 g/mol. The predicted octanol–water partition coefficient (Wildman–Crippen LogP) is 6.22. The first kappa shape index (κ1) is 26.7. The van der Waals surface area contributed by atoms with Gasteiger partial charge in [0.15, 0.2) is 0 Å². The van der Waals surface area contributed by atoms with Gasteiger partial charge in [0, 0.05) is 22.1 Å². The number of esters is 1. The molecule has 4 nitrogen and oxygen atoms in total. The lowest BCUT2D eigenvalue weighted by atomic mass is 9.82. The average molecular weight is 501 g/mol. The van der Waals surface area contributed by atoms with Crippen molar-refractivity contribution in [1.29, 1.82) is 0 Å². The summed E-state index contributed by atoms with van der Waals surface area (Å²) < 4.78 is 38.3. The highest BCUT2D eigenvalue weighted by molar-refractivity contribution is 7.99. The van der Waals surface area contributed by atoms with Crippen molar-refractivity contribution in [2.75, 3.05) is 13.7 Å². The van der Waals surface area contributed by atoms with E-state index in [2.05, 4.69) is 0 Å². The topological polar surface area (TPSA) is 55.8 Å². The molecule has 186 valence electrons. The summed E-state index contributed by atoms with van der Waals surface area (Å²) in [4.78, 5) is 12.8. The van der Waals surface area contributed by atoms with Gasteiger partial charge in [0.25, 0.3) is 0 Å². The molecule has 35 heavy (non-hydrogen) atoms. The van der Waals surface area contributed by atoms with Crippen LogP contribution in [0.25, 0.3) is 0 Å². The molecule has 0 saturated heterocycles. The van der Waals surface area contributed by atoms with Gasteiger partial charge in [-0.05, 0) is 50.1 Å². The number of rotatable bonds is 10. The minimum atomic E-state index is -1.94. The second-order valence-electron chi connectivity index (χ2n) is 8.87. The van der Waals surface area contributed by atoms with Gasteiger partial charge in [-0.2, -0.15) is 0 Å². The molecule has 1 unspecified atom stereocenters. The van der Waals surface area contributed by atoms with Gasteiger partial charge in [0.1, 0.15) is 29.6 Å². The van der Waals surface area contributed by atoms with E-state index in [9.17, 15) is 18.7 Å². The van der Waals surface area contributed by atoms with Crippen molar-refractivity contribution in [2.24, 2.45) is 0 Å². The summed E-state index contributed by atoms with van der Waals surface area (Å²) in [7, 11) is 1.59. The summed E-state index contributed by atoms with van der Waals surface area (Å²) in [6, 6.07) is 19.6. The van der Waals surface area contributed by atoms with Crippen LogP contribution >= 0.6 is 11.8 Å². The molecule has 3 rings (SSSR count). The maximum atomic E-state index is 14.9. The fourth-order valence-electron chi connectivity index (χ4n) is 3.68. The third-order valence-corrected chi connectivity index (χ3v) is 7.74. The predicted molar refractivity (Wildman–Crippen MR) is 134 cm³/mol. The van der Waals surface area contributed by atoms with Gasteiger partial charge >= 0.3 is 5.97 Å². The molecule has 1 N–H and O–H groups in total. The van der Waals surface area contributed by atoms with E-state index in [0.29, 0.717) is 5.75 Å². The Kier molecular flexibility index (Phi) is 8.56. The minimum Gasteiger partial charge on any atom is -0.497 e. The summed E-state index contributed by atoms with van der Waals surface area (Å²) in [5.41, 5.74) is -0.331. The number of ether oxygens (including phenoxy) is 2. The molecule has 7 heteroatoms. The van der Waals surface area contributed by atoms with E-state index in [1.165, 1.54) is 17.8 Å². The van der Waals surface area contributed by atoms with Crippen LogP contribution in [0.4, 0.5) is 8.78 Å². The van der Waals surface area contributed by atoms with E-state index < -0.39 is 40.5 Å². The molecule has 2 atom stereocenters. The standard InChI is InChI=1S/C28H30F2O4S/c1-19(21-8-6-5-7-9-21)26(31)34-18-28(32,24-15-12-22(29)16-25(24)30)27(2,3)35-17-20-10-13-23(33-4)14-11-20/h5-16,19,32H,17-18H2,1-4H3/t19-,28?/m0/s1. The lowest BCUT2D eigenvalue weighted by molar-refractivity contribution is -0.155. The van der Waals surface area contributed by atoms with Gasteiger partial charge in [-0.15, -0.1) is 11.8 Å². The zero-order chi connectivity index (χ0) is 25.6. The van der Waals surface area contributed by atoms with Crippen LogP contribution in [0, 0.1) is 11.6 Å². The first-order valence-corrected chi connectivity index (χ1v) is 12.2. The number of hydrogen-bond donors (Lipinski definition) is 1. The Morgan fingerprint density at radius 1 is 1.03 bits per heavy atom. The van der Waals surface area contributed by atoms with Crippen LogP contribution in [-0.4, -0.2) is 29.5 Å². The maximum Gasteiger partial charge on any atom is 0.313 e. The molecule has 0 aliphatic carbocycles. The Labute approximate surface area is 209 Å². The smallest absolute Gasteiger partial charge is 0.313 e. The highest BCUT2D eigenvalue weighted by atomic mass is 32.2. The third kappa shape index (κ3) is 6.21. The van der Waals surface area contributed by atoms with Crippen LogP contribution < -0.4 is 4.74 Å². The number of carbonyl (C=O) groups is 1. The minimum absolute atomic E-state index is 0.133. The number of thioether (sulfide) groups is 1. The lowest BCUT2D eigenvalue weighted by Gasteiger charge is -2.42. The molecule has 0 fully saturated rings. The summed E-state index contributed by atoms with van der Waals surface area (Å²) in [5.74, 6) is -1.56. The molecule has 0 spiro atoms. The van der Waals surface area contributed by atoms with Gasteiger partial charge in [0.05, 0.1) is 13.0 Å². The van der Waals surface area contributed by atoms with E-state index in [-0.39, 0.29) is 5.56 Å². The average Bonchev–Trinajstić information content (AvgIpc) is 2.86. The number of aliphatic hydroxyl groups is 1. The Hall–Kier alpha value is -2.90. The number of methoxy groups -OCH3 is 1. The van der Waals surface area contributed by atoms with Crippen LogP contribution in [0.2, 0.25) is 0 Å². The van der Waals surface area contributed by atoms with E-state index in [1.54, 1.807) is 27.9 Å². The molecule has 0 bridgehead atoms. The molecular formula is C28H30F2O4S. The number of benzene rings is 3. The van der Waals surface area contributed by atoms with Crippen LogP contribution in [0.3, 0.4) is 0 Å². The highest BCUT2D eigenvalue weighted by Crippen LogP contribution is 2.45.